The van der Waals surface area contributed by atoms with Crippen molar-refractivity contribution < 1.29 is 0 Å². The van der Waals surface area contributed by atoms with Crippen LogP contribution in [0.15, 0.2) is 18.3 Å². The maximum absolute atomic E-state index is 5.94. The van der Waals surface area contributed by atoms with E-state index in [2.05, 4.69) is 28.9 Å². The second-order valence-corrected chi connectivity index (χ2v) is 5.20. The summed E-state index contributed by atoms with van der Waals surface area (Å²) in [5, 5.41) is 0. The van der Waals surface area contributed by atoms with Crippen LogP contribution in [0.5, 0.6) is 0 Å². The summed E-state index contributed by atoms with van der Waals surface area (Å²) in [6.45, 7) is 7.36. The minimum Gasteiger partial charge on any atom is -0.329 e. The molecule has 3 nitrogen and oxygen atoms in total. The molecule has 0 amide bonds. The Labute approximate surface area is 104 Å². The van der Waals surface area contributed by atoms with Crippen molar-refractivity contribution in [1.82, 2.24) is 9.88 Å². The predicted molar refractivity (Wildman–Crippen MR) is 70.7 cm³/mol. The fourth-order valence-corrected chi connectivity index (χ4v) is 2.51. The first-order chi connectivity index (χ1) is 8.20. The van der Waals surface area contributed by atoms with Gasteiger partial charge in [0.05, 0.1) is 0 Å². The molecule has 1 saturated heterocycles. The van der Waals surface area contributed by atoms with Crippen molar-refractivity contribution in [2.45, 2.75) is 32.7 Å². The first-order valence-electron chi connectivity index (χ1n) is 6.57. The topological polar surface area (TPSA) is 42.1 Å². The van der Waals surface area contributed by atoms with E-state index in [1.165, 1.54) is 18.4 Å². The zero-order chi connectivity index (χ0) is 12.3. The predicted octanol–water partition coefficient (Wildman–Crippen LogP) is 2.12. The smallest absolute Gasteiger partial charge is 0.0485 e. The van der Waals surface area contributed by atoms with Gasteiger partial charge in [0.1, 0.15) is 0 Å². The van der Waals surface area contributed by atoms with Gasteiger partial charge in [-0.3, -0.25) is 9.88 Å². The van der Waals surface area contributed by atoms with Crippen LogP contribution >= 0.6 is 0 Å². The first kappa shape index (κ1) is 12.5. The third-order valence-electron chi connectivity index (χ3n) is 3.80. The average molecular weight is 233 g/mol. The zero-order valence-electron chi connectivity index (χ0n) is 10.9. The molecule has 0 aromatic carbocycles. The summed E-state index contributed by atoms with van der Waals surface area (Å²) in [5.74, 6) is 0.862. The van der Waals surface area contributed by atoms with Gasteiger partial charge < -0.3 is 5.73 Å². The van der Waals surface area contributed by atoms with Crippen molar-refractivity contribution in [3.63, 3.8) is 0 Å². The standard InChI is InChI=1S/C14H23N3/c1-11-5-7-17(8-6-11)14(9-15)13-4-3-12(2)16-10-13/h3-4,10-11,14H,5-9,15H2,1-2H3. The van der Waals surface area contributed by atoms with Gasteiger partial charge >= 0.3 is 0 Å². The SMILES string of the molecule is Cc1ccc(C(CN)N2CCC(C)CC2)cn1. The molecule has 1 aromatic rings. The highest BCUT2D eigenvalue weighted by atomic mass is 15.2. The molecule has 3 heteroatoms. The third kappa shape index (κ3) is 3.05. The number of nitrogens with zero attached hydrogens (tertiary/aromatic N) is 2. The summed E-state index contributed by atoms with van der Waals surface area (Å²) < 4.78 is 0. The number of aromatic nitrogens is 1. The Bertz CT molecular complexity index is 339. The Hall–Kier alpha value is -0.930. The van der Waals surface area contributed by atoms with Crippen molar-refractivity contribution in [3.05, 3.63) is 29.6 Å². The summed E-state index contributed by atoms with van der Waals surface area (Å²) in [6, 6.07) is 4.58. The van der Waals surface area contributed by atoms with E-state index in [-0.39, 0.29) is 0 Å². The number of nitrogens with two attached hydrogens (primary N) is 1. The van der Waals surface area contributed by atoms with E-state index in [9.17, 15) is 0 Å². The Kier molecular flexibility index (Phi) is 4.13. The molecule has 0 aliphatic carbocycles. The van der Waals surface area contributed by atoms with Gasteiger partial charge in [0, 0.05) is 24.5 Å². The summed E-state index contributed by atoms with van der Waals surface area (Å²) in [4.78, 5) is 6.88. The fraction of sp³-hybridized carbons (Fsp3) is 0.643. The Morgan fingerprint density at radius 2 is 2.12 bits per heavy atom. The molecule has 17 heavy (non-hydrogen) atoms. The Morgan fingerprint density at radius 1 is 1.41 bits per heavy atom. The van der Waals surface area contributed by atoms with E-state index < -0.39 is 0 Å². The lowest BCUT2D eigenvalue weighted by atomic mass is 9.96. The van der Waals surface area contributed by atoms with E-state index in [0.29, 0.717) is 12.6 Å². The molecule has 0 radical (unpaired) electrons. The van der Waals surface area contributed by atoms with Crippen LogP contribution in [-0.4, -0.2) is 29.5 Å². The normalized spacial score (nSPS) is 20.4. The Balaban J connectivity index is 2.08. The average Bonchev–Trinajstić information content (AvgIpc) is 2.35. The maximum Gasteiger partial charge on any atom is 0.0485 e. The molecule has 1 unspecified atom stereocenters. The fourth-order valence-electron chi connectivity index (χ4n) is 2.51. The molecule has 1 aliphatic rings. The molecule has 1 fully saturated rings. The zero-order valence-corrected chi connectivity index (χ0v) is 10.9. The minimum atomic E-state index is 0.343. The lowest BCUT2D eigenvalue weighted by molar-refractivity contribution is 0.141. The molecule has 1 aromatic heterocycles. The second-order valence-electron chi connectivity index (χ2n) is 5.20. The molecular weight excluding hydrogens is 210 g/mol. The molecule has 0 bridgehead atoms. The molecule has 1 aliphatic heterocycles. The first-order valence-corrected chi connectivity index (χ1v) is 6.57. The number of piperidine rings is 1. The summed E-state index contributed by atoms with van der Waals surface area (Å²) in [6.07, 6.45) is 4.55. The molecule has 2 heterocycles. The molecule has 0 spiro atoms. The van der Waals surface area contributed by atoms with Crippen molar-refractivity contribution >= 4 is 0 Å². The summed E-state index contributed by atoms with van der Waals surface area (Å²) in [7, 11) is 0. The lowest BCUT2D eigenvalue weighted by Crippen LogP contribution is -2.39. The highest BCUT2D eigenvalue weighted by Crippen LogP contribution is 2.25. The monoisotopic (exact) mass is 233 g/mol. The van der Waals surface area contributed by atoms with E-state index in [0.717, 1.165) is 24.7 Å². The Morgan fingerprint density at radius 3 is 2.65 bits per heavy atom. The van der Waals surface area contributed by atoms with Crippen molar-refractivity contribution in [3.8, 4) is 0 Å². The van der Waals surface area contributed by atoms with E-state index in [1.807, 2.05) is 13.1 Å². The largest absolute Gasteiger partial charge is 0.329 e. The third-order valence-corrected chi connectivity index (χ3v) is 3.80. The van der Waals surface area contributed by atoms with E-state index in [4.69, 9.17) is 5.73 Å². The van der Waals surface area contributed by atoms with Crippen LogP contribution in [0.1, 0.15) is 37.1 Å². The number of rotatable bonds is 3. The number of pyridine rings is 1. The quantitative estimate of drug-likeness (QED) is 0.869. The van der Waals surface area contributed by atoms with Gasteiger partial charge in [0.15, 0.2) is 0 Å². The van der Waals surface area contributed by atoms with Gasteiger partial charge in [-0.2, -0.15) is 0 Å². The van der Waals surface area contributed by atoms with Gasteiger partial charge in [-0.15, -0.1) is 0 Å². The van der Waals surface area contributed by atoms with Crippen LogP contribution < -0.4 is 5.73 Å². The van der Waals surface area contributed by atoms with Crippen molar-refractivity contribution in [1.29, 1.82) is 0 Å². The van der Waals surface area contributed by atoms with Crippen molar-refractivity contribution in [2.24, 2.45) is 11.7 Å². The molecule has 1 atom stereocenters. The van der Waals surface area contributed by atoms with Gasteiger partial charge in [-0.05, 0) is 50.4 Å². The molecule has 0 saturated carbocycles. The second kappa shape index (κ2) is 5.61. The van der Waals surface area contributed by atoms with E-state index >= 15 is 0 Å². The summed E-state index contributed by atoms with van der Waals surface area (Å²) in [5.41, 5.74) is 8.26. The number of hydrogen-bond donors (Lipinski definition) is 1. The lowest BCUT2D eigenvalue weighted by Gasteiger charge is -2.36. The van der Waals surface area contributed by atoms with Crippen LogP contribution in [0, 0.1) is 12.8 Å². The maximum atomic E-state index is 5.94. The highest BCUT2D eigenvalue weighted by Gasteiger charge is 2.23. The van der Waals surface area contributed by atoms with Gasteiger partial charge in [0.25, 0.3) is 0 Å². The van der Waals surface area contributed by atoms with Gasteiger partial charge in [-0.1, -0.05) is 13.0 Å². The van der Waals surface area contributed by atoms with Gasteiger partial charge in [0.2, 0.25) is 0 Å². The van der Waals surface area contributed by atoms with Gasteiger partial charge in [-0.25, -0.2) is 0 Å². The number of aryl methyl sites for hydroxylation is 1. The van der Waals surface area contributed by atoms with E-state index in [1.54, 1.807) is 0 Å². The van der Waals surface area contributed by atoms with Crippen LogP contribution in [0.4, 0.5) is 0 Å². The van der Waals surface area contributed by atoms with Crippen LogP contribution in [-0.2, 0) is 0 Å². The molecule has 2 N–H and O–H groups in total. The molecule has 94 valence electrons. The number of hydrogen-bond acceptors (Lipinski definition) is 3. The molecular formula is C14H23N3. The highest BCUT2D eigenvalue weighted by molar-refractivity contribution is 5.18. The number of likely N-dealkylation sites (tertiary alicyclic amines) is 1. The van der Waals surface area contributed by atoms with Crippen LogP contribution in [0.25, 0.3) is 0 Å². The minimum absolute atomic E-state index is 0.343. The van der Waals surface area contributed by atoms with Crippen LogP contribution in [0.2, 0.25) is 0 Å². The molecule has 2 rings (SSSR count). The van der Waals surface area contributed by atoms with Crippen LogP contribution in [0.3, 0.4) is 0 Å². The summed E-state index contributed by atoms with van der Waals surface area (Å²) >= 11 is 0. The van der Waals surface area contributed by atoms with Crippen molar-refractivity contribution in [2.75, 3.05) is 19.6 Å².